The Morgan fingerprint density at radius 2 is 1.79 bits per heavy atom. The maximum Gasteiger partial charge on any atom is 0.171 e. The molecule has 24 heavy (non-hydrogen) atoms. The molecule has 0 radical (unpaired) electrons. The molecule has 4 nitrogen and oxygen atoms in total. The van der Waals surface area contributed by atoms with Crippen molar-refractivity contribution in [2.45, 2.75) is 20.4 Å². The van der Waals surface area contributed by atoms with E-state index in [4.69, 9.17) is 12.2 Å². The predicted octanol–water partition coefficient (Wildman–Crippen LogP) is 3.98. The fourth-order valence-electron chi connectivity index (χ4n) is 2.60. The van der Waals surface area contributed by atoms with Crippen molar-refractivity contribution < 1.29 is 0 Å². The summed E-state index contributed by atoms with van der Waals surface area (Å²) in [6.07, 6.45) is 5.48. The van der Waals surface area contributed by atoms with Gasteiger partial charge in [-0.15, -0.1) is 0 Å². The Labute approximate surface area is 147 Å². The second kappa shape index (κ2) is 7.27. The standard InChI is InChI=1S/C19H20N4S/c1-14-9-15(2)11-17(10-14)22-19(24)21-12-16-3-5-18(6-4-16)23-8-7-20-13-23/h3-11,13H,12H2,1-2H3,(H2,21,22,24). The minimum atomic E-state index is 0.624. The van der Waals surface area contributed by atoms with Gasteiger partial charge in [0.05, 0.1) is 6.33 Å². The number of imidazole rings is 1. The van der Waals surface area contributed by atoms with Crippen LogP contribution in [0.4, 0.5) is 5.69 Å². The number of aryl methyl sites for hydroxylation is 2. The lowest BCUT2D eigenvalue weighted by atomic mass is 10.1. The normalized spacial score (nSPS) is 10.4. The van der Waals surface area contributed by atoms with E-state index in [1.807, 2.05) is 10.8 Å². The van der Waals surface area contributed by atoms with E-state index in [1.165, 1.54) is 16.7 Å². The molecule has 1 heterocycles. The summed E-state index contributed by atoms with van der Waals surface area (Å²) in [6, 6.07) is 14.6. The van der Waals surface area contributed by atoms with E-state index in [9.17, 15) is 0 Å². The van der Waals surface area contributed by atoms with Crippen molar-refractivity contribution in [1.29, 1.82) is 0 Å². The van der Waals surface area contributed by atoms with Gasteiger partial charge >= 0.3 is 0 Å². The van der Waals surface area contributed by atoms with Crippen LogP contribution in [0, 0.1) is 13.8 Å². The number of nitrogens with one attached hydrogen (secondary N) is 2. The molecule has 2 aromatic carbocycles. The minimum Gasteiger partial charge on any atom is -0.358 e. The number of hydrogen-bond donors (Lipinski definition) is 2. The van der Waals surface area contributed by atoms with Gasteiger partial charge in [-0.05, 0) is 67.0 Å². The third-order valence-electron chi connectivity index (χ3n) is 3.67. The van der Waals surface area contributed by atoms with Gasteiger partial charge in [0, 0.05) is 30.3 Å². The van der Waals surface area contributed by atoms with Crippen LogP contribution in [0.2, 0.25) is 0 Å². The molecular weight excluding hydrogens is 316 g/mol. The highest BCUT2D eigenvalue weighted by atomic mass is 32.1. The third kappa shape index (κ3) is 4.20. The maximum atomic E-state index is 5.38. The quantitative estimate of drug-likeness (QED) is 0.707. The van der Waals surface area contributed by atoms with Crippen molar-refractivity contribution in [3.05, 3.63) is 77.9 Å². The number of thiocarbonyl (C=S) groups is 1. The van der Waals surface area contributed by atoms with Crippen LogP contribution in [-0.2, 0) is 6.54 Å². The minimum absolute atomic E-state index is 0.624. The number of nitrogens with zero attached hydrogens (tertiary/aromatic N) is 2. The van der Waals surface area contributed by atoms with Gasteiger partial charge in [-0.2, -0.15) is 0 Å². The van der Waals surface area contributed by atoms with Gasteiger partial charge < -0.3 is 15.2 Å². The third-order valence-corrected chi connectivity index (χ3v) is 3.92. The van der Waals surface area contributed by atoms with Crippen LogP contribution in [0.3, 0.4) is 0 Å². The first-order valence-corrected chi connectivity index (χ1v) is 8.21. The molecule has 0 spiro atoms. The summed E-state index contributed by atoms with van der Waals surface area (Å²) in [5, 5.41) is 7.10. The Bertz CT molecular complexity index is 803. The van der Waals surface area contributed by atoms with E-state index >= 15 is 0 Å². The molecule has 3 rings (SSSR count). The topological polar surface area (TPSA) is 41.9 Å². The molecule has 0 atom stereocenters. The average molecular weight is 336 g/mol. The largest absolute Gasteiger partial charge is 0.358 e. The summed E-state index contributed by atoms with van der Waals surface area (Å²) in [5.74, 6) is 0. The molecule has 0 bridgehead atoms. The van der Waals surface area contributed by atoms with E-state index in [-0.39, 0.29) is 0 Å². The summed E-state index contributed by atoms with van der Waals surface area (Å²) in [7, 11) is 0. The Balaban J connectivity index is 1.56. The monoisotopic (exact) mass is 336 g/mol. The Morgan fingerprint density at radius 3 is 2.42 bits per heavy atom. The highest BCUT2D eigenvalue weighted by Gasteiger charge is 2.01. The Morgan fingerprint density at radius 1 is 1.08 bits per heavy atom. The molecule has 0 aliphatic heterocycles. The van der Waals surface area contributed by atoms with Crippen LogP contribution in [0.25, 0.3) is 5.69 Å². The number of hydrogen-bond acceptors (Lipinski definition) is 2. The van der Waals surface area contributed by atoms with Gasteiger partial charge in [0.2, 0.25) is 0 Å². The van der Waals surface area contributed by atoms with Crippen molar-refractivity contribution >= 4 is 23.0 Å². The van der Waals surface area contributed by atoms with Crippen LogP contribution >= 0.6 is 12.2 Å². The number of benzene rings is 2. The smallest absolute Gasteiger partial charge is 0.171 e. The van der Waals surface area contributed by atoms with Crippen LogP contribution in [0.15, 0.2) is 61.2 Å². The number of rotatable bonds is 4. The number of anilines is 1. The van der Waals surface area contributed by atoms with Gasteiger partial charge in [0.15, 0.2) is 5.11 Å². The lowest BCUT2D eigenvalue weighted by Crippen LogP contribution is -2.27. The van der Waals surface area contributed by atoms with Gasteiger partial charge in [-0.3, -0.25) is 0 Å². The first kappa shape index (κ1) is 16.2. The van der Waals surface area contributed by atoms with E-state index < -0.39 is 0 Å². The van der Waals surface area contributed by atoms with E-state index in [0.29, 0.717) is 11.7 Å². The van der Waals surface area contributed by atoms with Crippen LogP contribution in [-0.4, -0.2) is 14.7 Å². The molecule has 0 amide bonds. The van der Waals surface area contributed by atoms with Crippen molar-refractivity contribution in [2.75, 3.05) is 5.32 Å². The lowest BCUT2D eigenvalue weighted by molar-refractivity contribution is 0.923. The molecule has 122 valence electrons. The van der Waals surface area contributed by atoms with Crippen molar-refractivity contribution in [3.8, 4) is 5.69 Å². The molecule has 0 fully saturated rings. The molecule has 5 heteroatoms. The van der Waals surface area contributed by atoms with Crippen molar-refractivity contribution in [1.82, 2.24) is 14.9 Å². The summed E-state index contributed by atoms with van der Waals surface area (Å²) in [6.45, 7) is 4.84. The molecule has 1 aromatic heterocycles. The fraction of sp³-hybridized carbons (Fsp3) is 0.158. The molecule has 0 aliphatic rings. The highest BCUT2D eigenvalue weighted by Crippen LogP contribution is 2.14. The van der Waals surface area contributed by atoms with Crippen LogP contribution in [0.1, 0.15) is 16.7 Å². The van der Waals surface area contributed by atoms with Crippen LogP contribution in [0.5, 0.6) is 0 Å². The second-order valence-electron chi connectivity index (χ2n) is 5.82. The van der Waals surface area contributed by atoms with Crippen molar-refractivity contribution in [2.24, 2.45) is 0 Å². The highest BCUT2D eigenvalue weighted by molar-refractivity contribution is 7.80. The van der Waals surface area contributed by atoms with Gasteiger partial charge in [0.25, 0.3) is 0 Å². The van der Waals surface area contributed by atoms with Crippen molar-refractivity contribution in [3.63, 3.8) is 0 Å². The zero-order valence-electron chi connectivity index (χ0n) is 13.8. The molecular formula is C19H20N4S. The second-order valence-corrected chi connectivity index (χ2v) is 6.23. The Kier molecular flexibility index (Phi) is 4.91. The SMILES string of the molecule is Cc1cc(C)cc(NC(=S)NCc2ccc(-n3ccnc3)cc2)c1. The van der Waals surface area contributed by atoms with E-state index in [2.05, 4.69) is 71.9 Å². The van der Waals surface area contributed by atoms with Gasteiger partial charge in [0.1, 0.15) is 0 Å². The first-order chi connectivity index (χ1) is 11.6. The molecule has 0 unspecified atom stereocenters. The van der Waals surface area contributed by atoms with Gasteiger partial charge in [-0.25, -0.2) is 4.98 Å². The first-order valence-electron chi connectivity index (χ1n) is 7.80. The van der Waals surface area contributed by atoms with E-state index in [0.717, 1.165) is 11.4 Å². The molecule has 2 N–H and O–H groups in total. The zero-order valence-corrected chi connectivity index (χ0v) is 14.6. The summed E-state index contributed by atoms with van der Waals surface area (Å²) < 4.78 is 1.98. The molecule has 0 aliphatic carbocycles. The van der Waals surface area contributed by atoms with E-state index in [1.54, 1.807) is 12.5 Å². The Hall–Kier alpha value is -2.66. The molecule has 0 saturated carbocycles. The maximum absolute atomic E-state index is 5.38. The molecule has 0 saturated heterocycles. The van der Waals surface area contributed by atoms with Crippen LogP contribution < -0.4 is 10.6 Å². The predicted molar refractivity (Wildman–Crippen MR) is 103 cm³/mol. The number of aromatic nitrogens is 2. The fourth-order valence-corrected chi connectivity index (χ4v) is 2.79. The molecule has 3 aromatic rings. The zero-order chi connectivity index (χ0) is 16.9. The summed E-state index contributed by atoms with van der Waals surface area (Å²) in [5.41, 5.74) is 5.71. The lowest BCUT2D eigenvalue weighted by Gasteiger charge is -2.12. The average Bonchev–Trinajstić information content (AvgIpc) is 3.07. The summed E-state index contributed by atoms with van der Waals surface area (Å²) >= 11 is 5.38. The summed E-state index contributed by atoms with van der Waals surface area (Å²) in [4.78, 5) is 4.06. The van der Waals surface area contributed by atoms with Gasteiger partial charge in [-0.1, -0.05) is 18.2 Å².